The zero-order chi connectivity index (χ0) is 10.9. The molecule has 1 unspecified atom stereocenters. The van der Waals surface area contributed by atoms with E-state index in [2.05, 4.69) is 0 Å². The fourth-order valence-electron chi connectivity index (χ4n) is 1.33. The van der Waals surface area contributed by atoms with Crippen molar-refractivity contribution in [3.63, 3.8) is 0 Å². The molecule has 0 amide bonds. The van der Waals surface area contributed by atoms with Crippen LogP contribution in [0.1, 0.15) is 31.4 Å². The molecule has 0 aliphatic rings. The van der Waals surface area contributed by atoms with Crippen LogP contribution in [0.5, 0.6) is 0 Å². The fraction of sp³-hybridized carbons (Fsp3) is 0.455. The van der Waals surface area contributed by atoms with E-state index < -0.39 is 11.4 Å². The summed E-state index contributed by atoms with van der Waals surface area (Å²) < 4.78 is 13.7. The summed E-state index contributed by atoms with van der Waals surface area (Å²) in [4.78, 5) is 0. The largest absolute Gasteiger partial charge is 0.385 e. The van der Waals surface area contributed by atoms with E-state index in [0.717, 1.165) is 0 Å². The average Bonchev–Trinajstić information content (AvgIpc) is 2.12. The van der Waals surface area contributed by atoms with Gasteiger partial charge in [0, 0.05) is 10.6 Å². The number of hydrogen-bond acceptors (Lipinski definition) is 1. The molecule has 1 N–H and O–H groups in total. The second kappa shape index (κ2) is 3.87. The highest BCUT2D eigenvalue weighted by molar-refractivity contribution is 6.31. The smallest absolute Gasteiger partial charge is 0.133 e. The van der Waals surface area contributed by atoms with Gasteiger partial charge < -0.3 is 5.11 Å². The maximum absolute atomic E-state index is 13.7. The Balaban J connectivity index is 3.40. The van der Waals surface area contributed by atoms with Crippen molar-refractivity contribution >= 4 is 11.6 Å². The first-order valence-electron chi connectivity index (χ1n) is 4.57. The van der Waals surface area contributed by atoms with E-state index in [-0.39, 0.29) is 10.6 Å². The van der Waals surface area contributed by atoms with Crippen LogP contribution in [0.3, 0.4) is 0 Å². The van der Waals surface area contributed by atoms with Crippen molar-refractivity contribution in [1.82, 2.24) is 0 Å². The highest BCUT2D eigenvalue weighted by atomic mass is 35.5. The van der Waals surface area contributed by atoms with Gasteiger partial charge in [0.2, 0.25) is 0 Å². The van der Waals surface area contributed by atoms with Crippen LogP contribution in [-0.4, -0.2) is 5.11 Å². The van der Waals surface area contributed by atoms with Crippen molar-refractivity contribution in [2.24, 2.45) is 0 Å². The monoisotopic (exact) mass is 216 g/mol. The second-order valence-corrected chi connectivity index (χ2v) is 4.09. The SMILES string of the molecule is CCC(C)(O)c1c(Cl)ccc(C)c1F. The van der Waals surface area contributed by atoms with E-state index in [4.69, 9.17) is 11.6 Å². The maximum Gasteiger partial charge on any atom is 0.133 e. The summed E-state index contributed by atoms with van der Waals surface area (Å²) in [5.41, 5.74) is -0.507. The summed E-state index contributed by atoms with van der Waals surface area (Å²) in [6.07, 6.45) is 0.424. The summed E-state index contributed by atoms with van der Waals surface area (Å²) in [5, 5.41) is 10.2. The zero-order valence-corrected chi connectivity index (χ0v) is 9.32. The van der Waals surface area contributed by atoms with Crippen molar-refractivity contribution in [2.45, 2.75) is 32.8 Å². The Kier molecular flexibility index (Phi) is 3.17. The molecule has 0 fully saturated rings. The van der Waals surface area contributed by atoms with Gasteiger partial charge in [-0.05, 0) is 31.9 Å². The molecule has 0 radical (unpaired) electrons. The molecule has 3 heteroatoms. The van der Waals surface area contributed by atoms with Crippen LogP contribution in [0.4, 0.5) is 4.39 Å². The van der Waals surface area contributed by atoms with Crippen LogP contribution in [0.2, 0.25) is 5.02 Å². The second-order valence-electron chi connectivity index (χ2n) is 3.68. The predicted octanol–water partition coefficient (Wildman–Crippen LogP) is 3.41. The fourth-order valence-corrected chi connectivity index (χ4v) is 1.68. The topological polar surface area (TPSA) is 20.2 Å². The van der Waals surface area contributed by atoms with E-state index in [1.807, 2.05) is 0 Å². The molecule has 1 nitrogen and oxygen atoms in total. The van der Waals surface area contributed by atoms with Crippen LogP contribution in [-0.2, 0) is 5.60 Å². The van der Waals surface area contributed by atoms with E-state index >= 15 is 0 Å². The third-order valence-corrected chi connectivity index (χ3v) is 2.83. The minimum absolute atomic E-state index is 0.196. The number of rotatable bonds is 2. The molecule has 1 atom stereocenters. The predicted molar refractivity (Wildman–Crippen MR) is 56.0 cm³/mol. The molecule has 0 aliphatic carbocycles. The highest BCUT2D eigenvalue weighted by Crippen LogP contribution is 2.33. The maximum atomic E-state index is 13.7. The molecular formula is C11H14ClFO. The van der Waals surface area contributed by atoms with Gasteiger partial charge in [0.25, 0.3) is 0 Å². The number of aliphatic hydroxyl groups is 1. The lowest BCUT2D eigenvalue weighted by Gasteiger charge is -2.24. The summed E-state index contributed by atoms with van der Waals surface area (Å²) in [5.74, 6) is -0.413. The van der Waals surface area contributed by atoms with Crippen LogP contribution in [0.15, 0.2) is 12.1 Å². The van der Waals surface area contributed by atoms with E-state index in [1.165, 1.54) is 0 Å². The van der Waals surface area contributed by atoms with Gasteiger partial charge in [-0.25, -0.2) is 4.39 Å². The molecule has 0 bridgehead atoms. The van der Waals surface area contributed by atoms with Crippen LogP contribution in [0.25, 0.3) is 0 Å². The third kappa shape index (κ3) is 1.91. The molecule has 0 heterocycles. The van der Waals surface area contributed by atoms with Gasteiger partial charge in [-0.3, -0.25) is 0 Å². The first kappa shape index (κ1) is 11.5. The van der Waals surface area contributed by atoms with E-state index in [9.17, 15) is 9.50 Å². The van der Waals surface area contributed by atoms with Gasteiger partial charge >= 0.3 is 0 Å². The van der Waals surface area contributed by atoms with Gasteiger partial charge in [0.1, 0.15) is 5.82 Å². The van der Waals surface area contributed by atoms with E-state index in [1.54, 1.807) is 32.9 Å². The Hall–Kier alpha value is -0.600. The Labute approximate surface area is 88.5 Å². The lowest BCUT2D eigenvalue weighted by atomic mass is 9.91. The Morgan fingerprint density at radius 1 is 1.50 bits per heavy atom. The van der Waals surface area contributed by atoms with Gasteiger partial charge in [-0.2, -0.15) is 0 Å². The molecule has 1 rings (SSSR count). The molecule has 0 aromatic heterocycles. The quantitative estimate of drug-likeness (QED) is 0.804. The van der Waals surface area contributed by atoms with Crippen molar-refractivity contribution in [1.29, 1.82) is 0 Å². The molecule has 1 aromatic carbocycles. The van der Waals surface area contributed by atoms with Crippen molar-refractivity contribution < 1.29 is 9.50 Å². The van der Waals surface area contributed by atoms with E-state index in [0.29, 0.717) is 12.0 Å². The minimum atomic E-state index is -1.20. The molecule has 0 saturated heterocycles. The molecule has 0 saturated carbocycles. The van der Waals surface area contributed by atoms with Crippen LogP contribution < -0.4 is 0 Å². The number of hydrogen-bond donors (Lipinski definition) is 1. The molecule has 78 valence electrons. The van der Waals surface area contributed by atoms with Crippen molar-refractivity contribution in [3.05, 3.63) is 34.1 Å². The Bertz CT molecular complexity index is 347. The molecular weight excluding hydrogens is 203 g/mol. The summed E-state index contributed by atoms with van der Waals surface area (Å²) in [6, 6.07) is 3.21. The summed E-state index contributed by atoms with van der Waals surface area (Å²) in [7, 11) is 0. The Morgan fingerprint density at radius 2 is 2.07 bits per heavy atom. The normalized spacial score (nSPS) is 15.3. The van der Waals surface area contributed by atoms with Gasteiger partial charge in [0.05, 0.1) is 5.60 Å². The Morgan fingerprint density at radius 3 is 2.57 bits per heavy atom. The molecule has 14 heavy (non-hydrogen) atoms. The van der Waals surface area contributed by atoms with Gasteiger partial charge in [-0.15, -0.1) is 0 Å². The zero-order valence-electron chi connectivity index (χ0n) is 8.56. The van der Waals surface area contributed by atoms with Crippen LogP contribution in [0, 0.1) is 12.7 Å². The number of aryl methyl sites for hydroxylation is 1. The van der Waals surface area contributed by atoms with Gasteiger partial charge in [0.15, 0.2) is 0 Å². The number of benzene rings is 1. The number of halogens is 2. The van der Waals surface area contributed by atoms with Crippen molar-refractivity contribution in [3.8, 4) is 0 Å². The lowest BCUT2D eigenvalue weighted by molar-refractivity contribution is 0.0493. The summed E-state index contributed by atoms with van der Waals surface area (Å²) >= 11 is 5.86. The summed E-state index contributed by atoms with van der Waals surface area (Å²) in [6.45, 7) is 5.01. The molecule has 1 aromatic rings. The average molecular weight is 217 g/mol. The van der Waals surface area contributed by atoms with Gasteiger partial charge in [-0.1, -0.05) is 24.6 Å². The molecule has 0 spiro atoms. The lowest BCUT2D eigenvalue weighted by Crippen LogP contribution is -2.22. The molecule has 0 aliphatic heterocycles. The van der Waals surface area contributed by atoms with Crippen molar-refractivity contribution in [2.75, 3.05) is 0 Å². The minimum Gasteiger partial charge on any atom is -0.385 e. The van der Waals surface area contributed by atoms with Crippen LogP contribution >= 0.6 is 11.6 Å². The highest BCUT2D eigenvalue weighted by Gasteiger charge is 2.27. The standard InChI is InChI=1S/C11H14ClFO/c1-4-11(3,14)9-8(12)6-5-7(2)10(9)13/h5-6,14H,4H2,1-3H3. The first-order valence-corrected chi connectivity index (χ1v) is 4.95. The third-order valence-electron chi connectivity index (χ3n) is 2.51. The first-order chi connectivity index (χ1) is 6.40.